The van der Waals surface area contributed by atoms with Gasteiger partial charge in [-0.1, -0.05) is 24.0 Å². The van der Waals surface area contributed by atoms with Crippen LogP contribution in [0.15, 0.2) is 24.3 Å². The molecule has 2 atom stereocenters. The van der Waals surface area contributed by atoms with E-state index in [1.165, 1.54) is 6.42 Å². The Morgan fingerprint density at radius 1 is 1.20 bits per heavy atom. The summed E-state index contributed by atoms with van der Waals surface area (Å²) in [5.41, 5.74) is 1.96. The van der Waals surface area contributed by atoms with Crippen LogP contribution < -0.4 is 5.32 Å². The highest BCUT2D eigenvalue weighted by atomic mass is 16.2. The van der Waals surface area contributed by atoms with E-state index >= 15 is 0 Å². The molecule has 20 heavy (non-hydrogen) atoms. The molecule has 3 rings (SSSR count). The Balaban J connectivity index is 1.49. The Hall–Kier alpha value is -1.79. The third-order valence-corrected chi connectivity index (χ3v) is 4.35. The smallest absolute Gasteiger partial charge is 0.223 e. The molecule has 0 spiro atoms. The van der Waals surface area contributed by atoms with E-state index in [1.54, 1.807) is 0 Å². The summed E-state index contributed by atoms with van der Waals surface area (Å²) in [6.07, 6.45) is 3.53. The number of hydrogen-bond acceptors (Lipinski definition) is 2. The number of nitrogens with one attached hydrogen (secondary N) is 1. The topological polar surface area (TPSA) is 49.3 Å². The summed E-state index contributed by atoms with van der Waals surface area (Å²) < 4.78 is 0. The Morgan fingerprint density at radius 2 is 1.90 bits per heavy atom. The van der Waals surface area contributed by atoms with Gasteiger partial charge < -0.3 is 10.4 Å². The van der Waals surface area contributed by atoms with Crippen molar-refractivity contribution in [2.45, 2.75) is 25.8 Å². The minimum absolute atomic E-state index is 0.124. The quantitative estimate of drug-likeness (QED) is 0.820. The van der Waals surface area contributed by atoms with Crippen molar-refractivity contribution in [1.82, 2.24) is 5.32 Å². The molecule has 1 aromatic carbocycles. The van der Waals surface area contributed by atoms with Crippen LogP contribution in [-0.2, 0) is 11.3 Å². The Labute approximate surface area is 119 Å². The van der Waals surface area contributed by atoms with Crippen LogP contribution in [0, 0.1) is 29.6 Å². The van der Waals surface area contributed by atoms with E-state index in [9.17, 15) is 4.79 Å². The minimum atomic E-state index is -0.124. The molecule has 104 valence electrons. The third kappa shape index (κ3) is 3.02. The number of aliphatic hydroxyl groups is 1. The molecule has 2 aliphatic carbocycles. The lowest BCUT2D eigenvalue weighted by atomic mass is 10.0. The number of amides is 1. The van der Waals surface area contributed by atoms with Crippen LogP contribution >= 0.6 is 0 Å². The van der Waals surface area contributed by atoms with Gasteiger partial charge in [0, 0.05) is 18.0 Å². The highest BCUT2D eigenvalue weighted by Gasteiger charge is 2.47. The molecule has 2 aliphatic rings. The fraction of sp³-hybridized carbons (Fsp3) is 0.471. The van der Waals surface area contributed by atoms with Crippen molar-refractivity contribution in [2.24, 2.45) is 17.8 Å². The molecule has 0 aliphatic heterocycles. The zero-order chi connectivity index (χ0) is 13.9. The molecule has 2 fully saturated rings. The highest BCUT2D eigenvalue weighted by molar-refractivity contribution is 5.79. The lowest BCUT2D eigenvalue weighted by molar-refractivity contribution is -0.125. The number of rotatable bonds is 3. The number of benzene rings is 1. The van der Waals surface area contributed by atoms with Gasteiger partial charge in [-0.25, -0.2) is 0 Å². The molecule has 2 unspecified atom stereocenters. The fourth-order valence-electron chi connectivity index (χ4n) is 3.11. The number of hydrogen-bond donors (Lipinski definition) is 2. The van der Waals surface area contributed by atoms with E-state index in [-0.39, 0.29) is 18.4 Å². The number of carbonyl (C=O) groups is 1. The molecular weight excluding hydrogens is 250 g/mol. The molecule has 3 heteroatoms. The molecule has 2 N–H and O–H groups in total. The van der Waals surface area contributed by atoms with Gasteiger partial charge in [0.25, 0.3) is 0 Å². The Bertz CT molecular complexity index is 543. The molecule has 0 heterocycles. The SMILES string of the molecule is O=C(NCc1ccc(C#CCO)cc1)C1CC2CC2C1. The average molecular weight is 269 g/mol. The van der Waals surface area contributed by atoms with Crippen LogP contribution in [0.1, 0.15) is 30.4 Å². The van der Waals surface area contributed by atoms with Gasteiger partial charge in [-0.2, -0.15) is 0 Å². The number of carbonyl (C=O) groups excluding carboxylic acids is 1. The van der Waals surface area contributed by atoms with Crippen LogP contribution in [0.4, 0.5) is 0 Å². The number of fused-ring (bicyclic) bond motifs is 1. The summed E-state index contributed by atoms with van der Waals surface area (Å²) in [6, 6.07) is 7.76. The van der Waals surface area contributed by atoms with Crippen molar-refractivity contribution >= 4 is 5.91 Å². The lowest BCUT2D eigenvalue weighted by Crippen LogP contribution is -2.29. The normalized spacial score (nSPS) is 26.4. The van der Waals surface area contributed by atoms with Crippen molar-refractivity contribution in [3.63, 3.8) is 0 Å². The first-order valence-corrected chi connectivity index (χ1v) is 7.22. The van der Waals surface area contributed by atoms with Gasteiger partial charge in [-0.05, 0) is 48.8 Å². The van der Waals surface area contributed by atoms with Gasteiger partial charge in [-0.15, -0.1) is 0 Å². The van der Waals surface area contributed by atoms with Crippen molar-refractivity contribution in [3.8, 4) is 11.8 Å². The zero-order valence-corrected chi connectivity index (χ0v) is 11.4. The first-order valence-electron chi connectivity index (χ1n) is 7.22. The predicted octanol–water partition coefficient (Wildman–Crippen LogP) is 1.69. The summed E-state index contributed by atoms with van der Waals surface area (Å²) in [6.45, 7) is 0.458. The second-order valence-corrected chi connectivity index (χ2v) is 5.80. The van der Waals surface area contributed by atoms with E-state index in [2.05, 4.69) is 17.2 Å². The summed E-state index contributed by atoms with van der Waals surface area (Å²) in [4.78, 5) is 12.0. The predicted molar refractivity (Wildman–Crippen MR) is 76.6 cm³/mol. The van der Waals surface area contributed by atoms with E-state index in [1.807, 2.05) is 24.3 Å². The fourth-order valence-corrected chi connectivity index (χ4v) is 3.11. The molecule has 0 aromatic heterocycles. The zero-order valence-electron chi connectivity index (χ0n) is 11.4. The second kappa shape index (κ2) is 5.68. The van der Waals surface area contributed by atoms with E-state index in [0.717, 1.165) is 35.8 Å². The highest BCUT2D eigenvalue weighted by Crippen LogP contribution is 2.54. The van der Waals surface area contributed by atoms with E-state index in [0.29, 0.717) is 6.54 Å². The van der Waals surface area contributed by atoms with Gasteiger partial charge in [0.05, 0.1) is 0 Å². The summed E-state index contributed by atoms with van der Waals surface area (Å²) >= 11 is 0. The van der Waals surface area contributed by atoms with E-state index < -0.39 is 0 Å². The molecule has 0 saturated heterocycles. The molecule has 0 radical (unpaired) electrons. The maximum atomic E-state index is 12.0. The van der Waals surface area contributed by atoms with Crippen molar-refractivity contribution < 1.29 is 9.90 Å². The molecule has 0 bridgehead atoms. The molecular formula is C17H19NO2. The van der Waals surface area contributed by atoms with E-state index in [4.69, 9.17) is 5.11 Å². The van der Waals surface area contributed by atoms with Crippen LogP contribution in [0.25, 0.3) is 0 Å². The Kier molecular flexibility index (Phi) is 3.75. The van der Waals surface area contributed by atoms with Gasteiger partial charge in [0.2, 0.25) is 5.91 Å². The maximum Gasteiger partial charge on any atom is 0.223 e. The standard InChI is InChI=1S/C17H19NO2/c19-7-1-2-12-3-5-13(6-4-12)11-18-17(20)16-9-14-8-15(14)10-16/h3-6,14-16,19H,7-11H2,(H,18,20). The second-order valence-electron chi connectivity index (χ2n) is 5.80. The first-order chi connectivity index (χ1) is 9.76. The van der Waals surface area contributed by atoms with Gasteiger partial charge in [-0.3, -0.25) is 4.79 Å². The summed E-state index contributed by atoms with van der Waals surface area (Å²) in [7, 11) is 0. The lowest BCUT2D eigenvalue weighted by Gasteiger charge is -2.12. The van der Waals surface area contributed by atoms with Crippen molar-refractivity contribution in [3.05, 3.63) is 35.4 Å². The Morgan fingerprint density at radius 3 is 2.55 bits per heavy atom. The van der Waals surface area contributed by atoms with Gasteiger partial charge in [0.15, 0.2) is 0 Å². The average Bonchev–Trinajstić information content (AvgIpc) is 3.09. The van der Waals surface area contributed by atoms with Crippen molar-refractivity contribution in [2.75, 3.05) is 6.61 Å². The minimum Gasteiger partial charge on any atom is -0.384 e. The van der Waals surface area contributed by atoms with Gasteiger partial charge >= 0.3 is 0 Å². The van der Waals surface area contributed by atoms with Gasteiger partial charge in [0.1, 0.15) is 6.61 Å². The largest absolute Gasteiger partial charge is 0.384 e. The molecule has 2 saturated carbocycles. The monoisotopic (exact) mass is 269 g/mol. The molecule has 1 amide bonds. The third-order valence-electron chi connectivity index (χ3n) is 4.35. The van der Waals surface area contributed by atoms with Crippen LogP contribution in [0.3, 0.4) is 0 Å². The first kappa shape index (κ1) is 13.2. The van der Waals surface area contributed by atoms with Crippen molar-refractivity contribution in [1.29, 1.82) is 0 Å². The van der Waals surface area contributed by atoms with Crippen LogP contribution in [-0.4, -0.2) is 17.6 Å². The molecule has 3 nitrogen and oxygen atoms in total. The summed E-state index contributed by atoms with van der Waals surface area (Å²) in [5.74, 6) is 7.61. The van der Waals surface area contributed by atoms with Crippen LogP contribution in [0.5, 0.6) is 0 Å². The van der Waals surface area contributed by atoms with Crippen LogP contribution in [0.2, 0.25) is 0 Å². The molecule has 1 aromatic rings. The number of aliphatic hydroxyl groups excluding tert-OH is 1. The summed E-state index contributed by atoms with van der Waals surface area (Å²) in [5, 5.41) is 11.7. The maximum absolute atomic E-state index is 12.0.